The average molecular weight is 448 g/mol. The van der Waals surface area contributed by atoms with Gasteiger partial charge in [-0.1, -0.05) is 17.7 Å². The fourth-order valence-electron chi connectivity index (χ4n) is 3.28. The van der Waals surface area contributed by atoms with Crippen molar-refractivity contribution in [2.75, 3.05) is 31.6 Å². The Balaban J connectivity index is 1.77. The van der Waals surface area contributed by atoms with Crippen LogP contribution >= 0.6 is 11.6 Å². The van der Waals surface area contributed by atoms with Gasteiger partial charge in [0.15, 0.2) is 0 Å². The molecule has 0 aliphatic carbocycles. The van der Waals surface area contributed by atoms with E-state index in [2.05, 4.69) is 10.3 Å². The average Bonchev–Trinajstić information content (AvgIpc) is 2.73. The summed E-state index contributed by atoms with van der Waals surface area (Å²) in [6.07, 6.45) is 0. The summed E-state index contributed by atoms with van der Waals surface area (Å²) in [4.78, 5) is 27.6. The van der Waals surface area contributed by atoms with E-state index in [1.165, 1.54) is 22.5 Å². The first-order chi connectivity index (χ1) is 14.3. The van der Waals surface area contributed by atoms with E-state index >= 15 is 0 Å². The number of sulfonamides is 1. The highest BCUT2D eigenvalue weighted by molar-refractivity contribution is 7.89. The minimum absolute atomic E-state index is 0.0424. The zero-order valence-electron chi connectivity index (χ0n) is 15.7. The third-order valence-electron chi connectivity index (χ3n) is 4.75. The number of nitrogens with zero attached hydrogens (tertiary/aromatic N) is 1. The topological polar surface area (TPSA) is 109 Å². The number of aromatic amines is 1. The summed E-state index contributed by atoms with van der Waals surface area (Å²) in [6.45, 7) is 1.17. The second kappa shape index (κ2) is 8.19. The second-order valence-electron chi connectivity index (χ2n) is 6.74. The molecule has 8 nitrogen and oxygen atoms in total. The Morgan fingerprint density at radius 3 is 2.60 bits per heavy atom. The van der Waals surface area contributed by atoms with E-state index in [0.717, 1.165) is 6.07 Å². The molecule has 4 rings (SSSR count). The summed E-state index contributed by atoms with van der Waals surface area (Å²) in [5, 5.41) is 3.46. The quantitative estimate of drug-likeness (QED) is 0.638. The van der Waals surface area contributed by atoms with E-state index in [-0.39, 0.29) is 23.5 Å². The zero-order valence-corrected chi connectivity index (χ0v) is 17.3. The van der Waals surface area contributed by atoms with Crippen molar-refractivity contribution < 1.29 is 17.9 Å². The number of anilines is 1. The highest BCUT2D eigenvalue weighted by Gasteiger charge is 2.27. The van der Waals surface area contributed by atoms with Gasteiger partial charge in [0.25, 0.3) is 5.91 Å². The van der Waals surface area contributed by atoms with Crippen molar-refractivity contribution >= 4 is 44.1 Å². The Bertz CT molecular complexity index is 1280. The number of morpholine rings is 1. The first-order valence-corrected chi connectivity index (χ1v) is 11.0. The van der Waals surface area contributed by atoms with Crippen LogP contribution in [0.2, 0.25) is 5.02 Å². The van der Waals surface area contributed by atoms with Crippen molar-refractivity contribution in [2.45, 2.75) is 4.90 Å². The van der Waals surface area contributed by atoms with Crippen LogP contribution in [0.25, 0.3) is 10.9 Å². The molecule has 3 aromatic rings. The lowest BCUT2D eigenvalue weighted by Gasteiger charge is -2.26. The Hall–Kier alpha value is -2.72. The van der Waals surface area contributed by atoms with E-state index in [1.807, 2.05) is 0 Å². The summed E-state index contributed by atoms with van der Waals surface area (Å²) in [5.41, 5.74) is 0.410. The second-order valence-corrected chi connectivity index (χ2v) is 9.11. The Kier molecular flexibility index (Phi) is 5.61. The normalized spacial score (nSPS) is 15.2. The van der Waals surface area contributed by atoms with Crippen molar-refractivity contribution in [1.29, 1.82) is 0 Å². The molecule has 1 fully saturated rings. The molecule has 0 unspecified atom stereocenters. The van der Waals surface area contributed by atoms with Gasteiger partial charge in [0.2, 0.25) is 15.6 Å². The lowest BCUT2D eigenvalue weighted by molar-refractivity contribution is 0.0730. The molecule has 1 amide bonds. The number of nitrogens with one attached hydrogen (secondary N) is 2. The van der Waals surface area contributed by atoms with Crippen molar-refractivity contribution in [1.82, 2.24) is 9.29 Å². The molecule has 2 aromatic carbocycles. The van der Waals surface area contributed by atoms with Crippen molar-refractivity contribution in [2.24, 2.45) is 0 Å². The van der Waals surface area contributed by atoms with E-state index in [0.29, 0.717) is 34.8 Å². The number of pyridine rings is 1. The number of carbonyl (C=O) groups excluding carboxylic acids is 1. The van der Waals surface area contributed by atoms with Gasteiger partial charge in [-0.25, -0.2) is 8.42 Å². The Morgan fingerprint density at radius 2 is 1.87 bits per heavy atom. The van der Waals surface area contributed by atoms with Gasteiger partial charge >= 0.3 is 0 Å². The van der Waals surface area contributed by atoms with Crippen LogP contribution in [0, 0.1) is 0 Å². The molecule has 0 bridgehead atoms. The molecule has 1 saturated heterocycles. The maximum atomic E-state index is 13.0. The van der Waals surface area contributed by atoms with Gasteiger partial charge in [-0.15, -0.1) is 0 Å². The molecule has 156 valence electrons. The molecule has 2 N–H and O–H groups in total. The summed E-state index contributed by atoms with van der Waals surface area (Å²) in [5.74, 6) is -0.547. The third kappa shape index (κ3) is 4.10. The van der Waals surface area contributed by atoms with Crippen LogP contribution in [0.4, 0.5) is 5.69 Å². The van der Waals surface area contributed by atoms with Crippen LogP contribution in [0.3, 0.4) is 0 Å². The number of hydrogen-bond donors (Lipinski definition) is 2. The van der Waals surface area contributed by atoms with Gasteiger partial charge in [0.1, 0.15) is 0 Å². The Labute approximate surface area is 177 Å². The van der Waals surface area contributed by atoms with Crippen LogP contribution < -0.4 is 10.9 Å². The molecule has 0 saturated carbocycles. The third-order valence-corrected chi connectivity index (χ3v) is 6.88. The summed E-state index contributed by atoms with van der Waals surface area (Å²) < 4.78 is 32.5. The van der Waals surface area contributed by atoms with E-state index < -0.39 is 21.5 Å². The number of aromatic nitrogens is 1. The van der Waals surface area contributed by atoms with Crippen molar-refractivity contribution in [3.63, 3.8) is 0 Å². The minimum Gasteiger partial charge on any atom is -0.379 e. The molecule has 1 aliphatic rings. The molecule has 1 aliphatic heterocycles. The first kappa shape index (κ1) is 20.5. The lowest BCUT2D eigenvalue weighted by atomic mass is 10.1. The number of H-pyrrole nitrogens is 1. The van der Waals surface area contributed by atoms with Gasteiger partial charge in [-0.3, -0.25) is 9.59 Å². The number of carbonyl (C=O) groups is 1. The van der Waals surface area contributed by atoms with Crippen LogP contribution in [0.5, 0.6) is 0 Å². The summed E-state index contributed by atoms with van der Waals surface area (Å²) in [7, 11) is -3.76. The number of amides is 1. The van der Waals surface area contributed by atoms with Crippen LogP contribution in [0.15, 0.2) is 58.2 Å². The van der Waals surface area contributed by atoms with E-state index in [9.17, 15) is 18.0 Å². The molecular formula is C20H18ClN3O5S. The molecule has 10 heteroatoms. The SMILES string of the molecule is O=C(Nc1cccc(Cl)c1)c1cc(=O)[nH]c2ccc(S(=O)(=O)N3CCOCC3)cc12. The first-order valence-electron chi connectivity index (χ1n) is 9.16. The lowest BCUT2D eigenvalue weighted by Crippen LogP contribution is -2.40. The van der Waals surface area contributed by atoms with Gasteiger partial charge < -0.3 is 15.0 Å². The monoisotopic (exact) mass is 447 g/mol. The number of ether oxygens (including phenoxy) is 1. The number of fused-ring (bicyclic) bond motifs is 1. The maximum absolute atomic E-state index is 13.0. The molecule has 0 radical (unpaired) electrons. The molecule has 1 aromatic heterocycles. The zero-order chi connectivity index (χ0) is 21.3. The number of rotatable bonds is 4. The minimum atomic E-state index is -3.76. The van der Waals surface area contributed by atoms with Gasteiger partial charge in [-0.2, -0.15) is 4.31 Å². The summed E-state index contributed by atoms with van der Waals surface area (Å²) in [6, 6.07) is 12.0. The molecule has 2 heterocycles. The fourth-order valence-corrected chi connectivity index (χ4v) is 4.91. The van der Waals surface area contributed by atoms with Crippen LogP contribution in [-0.4, -0.2) is 49.9 Å². The molecule has 0 spiro atoms. The predicted molar refractivity (Wildman–Crippen MR) is 114 cm³/mol. The van der Waals surface area contributed by atoms with Gasteiger partial charge in [0.05, 0.1) is 23.7 Å². The largest absolute Gasteiger partial charge is 0.379 e. The highest BCUT2D eigenvalue weighted by atomic mass is 35.5. The van der Waals surface area contributed by atoms with Gasteiger partial charge in [-0.05, 0) is 36.4 Å². The van der Waals surface area contributed by atoms with E-state index in [4.69, 9.17) is 16.3 Å². The summed E-state index contributed by atoms with van der Waals surface area (Å²) >= 11 is 5.95. The maximum Gasteiger partial charge on any atom is 0.256 e. The Morgan fingerprint density at radius 1 is 1.10 bits per heavy atom. The number of benzene rings is 2. The predicted octanol–water partition coefficient (Wildman–Crippen LogP) is 2.45. The number of halogens is 1. The molecule has 0 atom stereocenters. The smallest absolute Gasteiger partial charge is 0.256 e. The van der Waals surface area contributed by atoms with Crippen LogP contribution in [-0.2, 0) is 14.8 Å². The molecule has 30 heavy (non-hydrogen) atoms. The van der Waals surface area contributed by atoms with Crippen molar-refractivity contribution in [3.8, 4) is 0 Å². The standard InChI is InChI=1S/C20H18ClN3O5S/c21-13-2-1-3-14(10-13)22-20(26)17-12-19(25)23-18-5-4-15(11-16(17)18)30(27,28)24-6-8-29-9-7-24/h1-5,10-12H,6-9H2,(H,22,26)(H,23,25). The molecular weight excluding hydrogens is 430 g/mol. The van der Waals surface area contributed by atoms with Crippen LogP contribution in [0.1, 0.15) is 10.4 Å². The number of hydrogen-bond acceptors (Lipinski definition) is 5. The van der Waals surface area contributed by atoms with E-state index in [1.54, 1.807) is 24.3 Å². The van der Waals surface area contributed by atoms with Gasteiger partial charge in [0, 0.05) is 40.8 Å². The highest BCUT2D eigenvalue weighted by Crippen LogP contribution is 2.24. The van der Waals surface area contributed by atoms with Crippen molar-refractivity contribution in [3.05, 3.63) is 69.5 Å². The fraction of sp³-hybridized carbons (Fsp3) is 0.200.